The Kier molecular flexibility index (Phi) is 2.73. The Morgan fingerprint density at radius 2 is 2.42 bits per heavy atom. The van der Waals surface area contributed by atoms with Crippen molar-refractivity contribution in [1.82, 2.24) is 0 Å². The van der Waals surface area contributed by atoms with Crippen molar-refractivity contribution in [1.29, 1.82) is 0 Å². The summed E-state index contributed by atoms with van der Waals surface area (Å²) < 4.78 is 4.70. The van der Waals surface area contributed by atoms with Gasteiger partial charge >= 0.3 is 5.97 Å². The SMILES string of the molecule is COC(=O)[C@@]1(CO)CCC[C@@H]1C. The van der Waals surface area contributed by atoms with Crippen molar-refractivity contribution in [3.63, 3.8) is 0 Å². The molecule has 0 radical (unpaired) electrons. The zero-order valence-electron chi connectivity index (χ0n) is 7.67. The Bertz CT molecular complexity index is 179. The van der Waals surface area contributed by atoms with Crippen molar-refractivity contribution >= 4 is 5.97 Å². The van der Waals surface area contributed by atoms with Gasteiger partial charge in [0.25, 0.3) is 0 Å². The molecule has 0 saturated heterocycles. The third-order valence-electron chi connectivity index (χ3n) is 3.08. The molecule has 70 valence electrons. The number of methoxy groups -OCH3 is 1. The summed E-state index contributed by atoms with van der Waals surface area (Å²) in [5, 5.41) is 9.19. The number of aliphatic hydroxyl groups is 1. The smallest absolute Gasteiger partial charge is 0.314 e. The van der Waals surface area contributed by atoms with Crippen LogP contribution in [0.25, 0.3) is 0 Å². The number of carbonyl (C=O) groups is 1. The van der Waals surface area contributed by atoms with Gasteiger partial charge in [-0.25, -0.2) is 0 Å². The molecule has 3 nitrogen and oxygen atoms in total. The minimum absolute atomic E-state index is 0.0825. The number of ether oxygens (including phenoxy) is 1. The van der Waals surface area contributed by atoms with E-state index in [9.17, 15) is 9.90 Å². The highest BCUT2D eigenvalue weighted by Crippen LogP contribution is 2.43. The fraction of sp³-hybridized carbons (Fsp3) is 0.889. The summed E-state index contributed by atoms with van der Waals surface area (Å²) in [5.74, 6) is -0.00931. The molecule has 0 aliphatic heterocycles. The maximum absolute atomic E-state index is 11.4. The molecule has 0 aromatic rings. The highest BCUT2D eigenvalue weighted by atomic mass is 16.5. The molecular weight excluding hydrogens is 156 g/mol. The zero-order valence-corrected chi connectivity index (χ0v) is 7.67. The van der Waals surface area contributed by atoms with Crippen molar-refractivity contribution in [3.05, 3.63) is 0 Å². The molecule has 0 bridgehead atoms. The summed E-state index contributed by atoms with van der Waals surface area (Å²) in [6.45, 7) is 1.92. The normalized spacial score (nSPS) is 35.1. The van der Waals surface area contributed by atoms with Gasteiger partial charge in [-0.3, -0.25) is 4.79 Å². The standard InChI is InChI=1S/C9H16O3/c1-7-4-3-5-9(7,6-10)8(11)12-2/h7,10H,3-6H2,1-2H3/t7-,9+/m0/s1. The van der Waals surface area contributed by atoms with Crippen LogP contribution in [-0.4, -0.2) is 24.8 Å². The molecule has 0 amide bonds. The number of hydrogen-bond donors (Lipinski definition) is 1. The number of rotatable bonds is 2. The van der Waals surface area contributed by atoms with Gasteiger partial charge in [-0.15, -0.1) is 0 Å². The van der Waals surface area contributed by atoms with Gasteiger partial charge in [-0.2, -0.15) is 0 Å². The minimum atomic E-state index is -0.602. The lowest BCUT2D eigenvalue weighted by Gasteiger charge is -2.27. The largest absolute Gasteiger partial charge is 0.469 e. The van der Waals surface area contributed by atoms with E-state index in [0.717, 1.165) is 19.3 Å². The third-order valence-corrected chi connectivity index (χ3v) is 3.08. The van der Waals surface area contributed by atoms with E-state index in [1.807, 2.05) is 6.92 Å². The first kappa shape index (κ1) is 9.52. The van der Waals surface area contributed by atoms with Crippen LogP contribution in [0.15, 0.2) is 0 Å². The highest BCUT2D eigenvalue weighted by molar-refractivity contribution is 5.77. The maximum Gasteiger partial charge on any atom is 0.314 e. The van der Waals surface area contributed by atoms with Gasteiger partial charge in [-0.05, 0) is 18.8 Å². The predicted octanol–water partition coefficient (Wildman–Crippen LogP) is 0.958. The Morgan fingerprint density at radius 3 is 2.75 bits per heavy atom. The maximum atomic E-state index is 11.4. The van der Waals surface area contributed by atoms with E-state index in [1.54, 1.807) is 0 Å². The highest BCUT2D eigenvalue weighted by Gasteiger charge is 2.47. The van der Waals surface area contributed by atoms with E-state index in [4.69, 9.17) is 4.74 Å². The van der Waals surface area contributed by atoms with Crippen molar-refractivity contribution in [3.8, 4) is 0 Å². The van der Waals surface area contributed by atoms with Gasteiger partial charge in [-0.1, -0.05) is 13.3 Å². The first-order valence-electron chi connectivity index (χ1n) is 4.36. The van der Waals surface area contributed by atoms with Crippen LogP contribution in [0.4, 0.5) is 0 Å². The van der Waals surface area contributed by atoms with Gasteiger partial charge in [0.15, 0.2) is 0 Å². The van der Waals surface area contributed by atoms with Crippen molar-refractivity contribution in [2.24, 2.45) is 11.3 Å². The number of esters is 1. The average Bonchev–Trinajstić information content (AvgIpc) is 2.46. The number of carbonyl (C=O) groups excluding carboxylic acids is 1. The van der Waals surface area contributed by atoms with Crippen molar-refractivity contribution in [2.75, 3.05) is 13.7 Å². The van der Waals surface area contributed by atoms with Crippen LogP contribution in [0.5, 0.6) is 0 Å². The van der Waals surface area contributed by atoms with Crippen LogP contribution in [0.3, 0.4) is 0 Å². The van der Waals surface area contributed by atoms with Crippen LogP contribution < -0.4 is 0 Å². The molecule has 1 N–H and O–H groups in total. The Hall–Kier alpha value is -0.570. The second-order valence-corrected chi connectivity index (χ2v) is 3.60. The van der Waals surface area contributed by atoms with Gasteiger partial charge in [0.05, 0.1) is 19.1 Å². The molecule has 1 rings (SSSR count). The molecule has 12 heavy (non-hydrogen) atoms. The van der Waals surface area contributed by atoms with Gasteiger partial charge in [0.2, 0.25) is 0 Å². The third kappa shape index (κ3) is 1.22. The monoisotopic (exact) mass is 172 g/mol. The topological polar surface area (TPSA) is 46.5 Å². The molecule has 1 aliphatic carbocycles. The molecule has 0 heterocycles. The first-order valence-corrected chi connectivity index (χ1v) is 4.36. The number of aliphatic hydroxyl groups excluding tert-OH is 1. The molecule has 3 heteroatoms. The van der Waals surface area contributed by atoms with E-state index < -0.39 is 5.41 Å². The molecule has 1 fully saturated rings. The lowest BCUT2D eigenvalue weighted by Crippen LogP contribution is -2.38. The summed E-state index contributed by atoms with van der Waals surface area (Å²) in [5.41, 5.74) is -0.602. The Balaban J connectivity index is 2.81. The van der Waals surface area contributed by atoms with Gasteiger partial charge < -0.3 is 9.84 Å². The molecule has 0 aromatic heterocycles. The summed E-state index contributed by atoms with van der Waals surface area (Å²) in [7, 11) is 1.38. The molecule has 2 atom stereocenters. The lowest BCUT2D eigenvalue weighted by molar-refractivity contribution is -0.157. The minimum Gasteiger partial charge on any atom is -0.469 e. The van der Waals surface area contributed by atoms with Crippen LogP contribution >= 0.6 is 0 Å². The van der Waals surface area contributed by atoms with E-state index in [1.165, 1.54) is 7.11 Å². The van der Waals surface area contributed by atoms with Crippen molar-refractivity contribution in [2.45, 2.75) is 26.2 Å². The van der Waals surface area contributed by atoms with E-state index in [-0.39, 0.29) is 18.5 Å². The molecule has 1 saturated carbocycles. The van der Waals surface area contributed by atoms with Crippen LogP contribution in [0, 0.1) is 11.3 Å². The molecule has 0 unspecified atom stereocenters. The molecule has 0 spiro atoms. The molecular formula is C9H16O3. The van der Waals surface area contributed by atoms with Crippen LogP contribution in [0.2, 0.25) is 0 Å². The fourth-order valence-corrected chi connectivity index (χ4v) is 2.05. The van der Waals surface area contributed by atoms with Crippen molar-refractivity contribution < 1.29 is 14.6 Å². The second-order valence-electron chi connectivity index (χ2n) is 3.60. The van der Waals surface area contributed by atoms with Gasteiger partial charge in [0, 0.05) is 0 Å². The average molecular weight is 172 g/mol. The molecule has 0 aromatic carbocycles. The summed E-state index contributed by atoms with van der Waals surface area (Å²) in [6, 6.07) is 0. The summed E-state index contributed by atoms with van der Waals surface area (Å²) >= 11 is 0. The summed E-state index contributed by atoms with van der Waals surface area (Å²) in [6.07, 6.45) is 2.78. The van der Waals surface area contributed by atoms with Crippen LogP contribution in [0.1, 0.15) is 26.2 Å². The first-order chi connectivity index (χ1) is 5.67. The summed E-state index contributed by atoms with van der Waals surface area (Å²) in [4.78, 5) is 11.4. The second kappa shape index (κ2) is 3.44. The quantitative estimate of drug-likeness (QED) is 0.631. The Morgan fingerprint density at radius 1 is 1.75 bits per heavy atom. The zero-order chi connectivity index (χ0) is 9.19. The van der Waals surface area contributed by atoms with E-state index >= 15 is 0 Å². The van der Waals surface area contributed by atoms with E-state index in [2.05, 4.69) is 0 Å². The van der Waals surface area contributed by atoms with Crippen LogP contribution in [-0.2, 0) is 9.53 Å². The van der Waals surface area contributed by atoms with Gasteiger partial charge in [0.1, 0.15) is 0 Å². The molecule has 1 aliphatic rings. The van der Waals surface area contributed by atoms with E-state index in [0.29, 0.717) is 0 Å². The lowest BCUT2D eigenvalue weighted by atomic mass is 9.80. The fourth-order valence-electron chi connectivity index (χ4n) is 2.05. The number of hydrogen-bond acceptors (Lipinski definition) is 3. The Labute approximate surface area is 72.7 Å². The predicted molar refractivity (Wildman–Crippen MR) is 44.5 cm³/mol.